The number of benzene rings is 1. The van der Waals surface area contributed by atoms with E-state index in [4.69, 9.17) is 5.11 Å². The summed E-state index contributed by atoms with van der Waals surface area (Å²) in [4.78, 5) is 34.7. The molecule has 8 heteroatoms. The lowest BCUT2D eigenvalue weighted by atomic mass is 10.0. The first-order valence-corrected chi connectivity index (χ1v) is 6.54. The normalized spacial score (nSPS) is 18.1. The first-order valence-electron chi connectivity index (χ1n) is 6.54. The third-order valence-electron chi connectivity index (χ3n) is 3.36. The minimum atomic E-state index is -1.04. The first-order chi connectivity index (χ1) is 9.99. The van der Waals surface area contributed by atoms with Crippen molar-refractivity contribution >= 4 is 23.4 Å². The maximum absolute atomic E-state index is 12.1. The average molecular weight is 293 g/mol. The van der Waals surface area contributed by atoms with Gasteiger partial charge in [0, 0.05) is 24.4 Å². The molecule has 1 aromatic rings. The van der Waals surface area contributed by atoms with Crippen molar-refractivity contribution in [3.63, 3.8) is 0 Å². The highest BCUT2D eigenvalue weighted by molar-refractivity contribution is 5.92. The lowest BCUT2D eigenvalue weighted by molar-refractivity contribution is -0.384. The number of likely N-dealkylation sites (tertiary alicyclic amines) is 1. The summed E-state index contributed by atoms with van der Waals surface area (Å²) in [5, 5.41) is 22.3. The van der Waals surface area contributed by atoms with E-state index in [9.17, 15) is 19.7 Å². The molecule has 0 saturated carbocycles. The second-order valence-corrected chi connectivity index (χ2v) is 4.78. The number of carbonyl (C=O) groups is 2. The molecule has 1 fully saturated rings. The predicted molar refractivity (Wildman–Crippen MR) is 74.1 cm³/mol. The van der Waals surface area contributed by atoms with E-state index in [1.807, 2.05) is 0 Å². The van der Waals surface area contributed by atoms with Crippen molar-refractivity contribution in [1.82, 2.24) is 4.90 Å². The number of hydrogen-bond donors (Lipinski definition) is 2. The number of piperidine rings is 1. The maximum Gasteiger partial charge on any atom is 0.326 e. The highest BCUT2D eigenvalue weighted by atomic mass is 16.6. The van der Waals surface area contributed by atoms with E-state index in [-0.39, 0.29) is 11.4 Å². The van der Waals surface area contributed by atoms with Gasteiger partial charge in [-0.15, -0.1) is 0 Å². The van der Waals surface area contributed by atoms with Crippen molar-refractivity contribution in [3.8, 4) is 0 Å². The van der Waals surface area contributed by atoms with Gasteiger partial charge in [0.1, 0.15) is 6.04 Å². The Hall–Kier alpha value is -2.64. The van der Waals surface area contributed by atoms with Crippen LogP contribution in [0.25, 0.3) is 0 Å². The second-order valence-electron chi connectivity index (χ2n) is 4.78. The van der Waals surface area contributed by atoms with Gasteiger partial charge in [0.15, 0.2) is 0 Å². The molecule has 21 heavy (non-hydrogen) atoms. The average Bonchev–Trinajstić information content (AvgIpc) is 2.47. The quantitative estimate of drug-likeness (QED) is 0.654. The molecule has 2 N–H and O–H groups in total. The Morgan fingerprint density at radius 1 is 1.38 bits per heavy atom. The van der Waals surface area contributed by atoms with Crippen LogP contribution in [0, 0.1) is 10.1 Å². The van der Waals surface area contributed by atoms with Crippen LogP contribution in [-0.2, 0) is 4.79 Å². The second kappa shape index (κ2) is 6.21. The fourth-order valence-corrected chi connectivity index (χ4v) is 2.32. The highest BCUT2D eigenvalue weighted by Gasteiger charge is 2.32. The summed E-state index contributed by atoms with van der Waals surface area (Å²) in [6, 6.07) is 4.12. The molecule has 1 aliphatic rings. The lowest BCUT2D eigenvalue weighted by Gasteiger charge is -2.32. The molecule has 0 radical (unpaired) electrons. The number of amides is 2. The van der Waals surface area contributed by atoms with E-state index in [1.54, 1.807) is 0 Å². The number of urea groups is 1. The summed E-state index contributed by atoms with van der Waals surface area (Å²) in [5.41, 5.74) is 0.130. The van der Waals surface area contributed by atoms with Crippen LogP contribution in [0.4, 0.5) is 16.2 Å². The number of carbonyl (C=O) groups excluding carboxylic acids is 1. The smallest absolute Gasteiger partial charge is 0.326 e. The van der Waals surface area contributed by atoms with E-state index in [0.29, 0.717) is 13.0 Å². The van der Waals surface area contributed by atoms with Gasteiger partial charge in [-0.25, -0.2) is 9.59 Å². The van der Waals surface area contributed by atoms with Crippen molar-refractivity contribution in [1.29, 1.82) is 0 Å². The fraction of sp³-hybridized carbons (Fsp3) is 0.385. The van der Waals surface area contributed by atoms with Crippen LogP contribution >= 0.6 is 0 Å². The molecule has 0 aliphatic carbocycles. The largest absolute Gasteiger partial charge is 0.480 e. The Bertz CT molecular complexity index is 575. The number of anilines is 1. The molecular formula is C13H15N3O5. The number of nitrogens with zero attached hydrogens (tertiary/aromatic N) is 2. The third kappa shape index (κ3) is 3.47. The van der Waals surface area contributed by atoms with Crippen LogP contribution < -0.4 is 5.32 Å². The van der Waals surface area contributed by atoms with Crippen molar-refractivity contribution in [3.05, 3.63) is 34.4 Å². The van der Waals surface area contributed by atoms with E-state index < -0.39 is 23.0 Å². The highest BCUT2D eigenvalue weighted by Crippen LogP contribution is 2.21. The monoisotopic (exact) mass is 293 g/mol. The van der Waals surface area contributed by atoms with Crippen LogP contribution in [0.5, 0.6) is 0 Å². The Kier molecular flexibility index (Phi) is 4.36. The predicted octanol–water partition coefficient (Wildman–Crippen LogP) is 2.07. The van der Waals surface area contributed by atoms with Crippen LogP contribution in [0.1, 0.15) is 19.3 Å². The molecule has 1 heterocycles. The van der Waals surface area contributed by atoms with Gasteiger partial charge in [0.05, 0.1) is 4.92 Å². The number of nitro benzene ring substituents is 1. The molecule has 0 unspecified atom stereocenters. The standard InChI is InChI=1S/C13H15N3O5/c17-12(18)11-6-1-2-7-15(11)13(19)14-9-4-3-5-10(8-9)16(20)21/h3-5,8,11H,1-2,6-7H2,(H,14,19)(H,17,18)/t11-/m1/s1. The molecule has 2 amide bonds. The molecule has 0 aromatic heterocycles. The molecule has 0 spiro atoms. The van der Waals surface area contributed by atoms with E-state index in [2.05, 4.69) is 5.32 Å². The molecule has 1 aliphatic heterocycles. The topological polar surface area (TPSA) is 113 Å². The zero-order chi connectivity index (χ0) is 15.4. The summed E-state index contributed by atoms with van der Waals surface area (Å²) in [7, 11) is 0. The number of rotatable bonds is 3. The van der Waals surface area contributed by atoms with Gasteiger partial charge >= 0.3 is 12.0 Å². The number of nitro groups is 1. The van der Waals surface area contributed by atoms with Gasteiger partial charge < -0.3 is 15.3 Å². The van der Waals surface area contributed by atoms with Crippen molar-refractivity contribution in [2.24, 2.45) is 0 Å². The Labute approximate surface area is 120 Å². The Balaban J connectivity index is 2.11. The minimum Gasteiger partial charge on any atom is -0.480 e. The molecule has 8 nitrogen and oxygen atoms in total. The SMILES string of the molecule is O=C(O)[C@H]1CCCCN1C(=O)Nc1cccc([N+](=O)[O-])c1. The number of non-ortho nitro benzene ring substituents is 1. The van der Waals surface area contributed by atoms with E-state index >= 15 is 0 Å². The van der Waals surface area contributed by atoms with Crippen molar-refractivity contribution in [2.75, 3.05) is 11.9 Å². The zero-order valence-corrected chi connectivity index (χ0v) is 11.2. The summed E-state index contributed by atoms with van der Waals surface area (Å²) in [6.07, 6.45) is 1.92. The van der Waals surface area contributed by atoms with Gasteiger partial charge in [-0.2, -0.15) is 0 Å². The van der Waals surface area contributed by atoms with E-state index in [0.717, 1.165) is 12.8 Å². The van der Waals surface area contributed by atoms with Crippen molar-refractivity contribution in [2.45, 2.75) is 25.3 Å². The summed E-state index contributed by atoms with van der Waals surface area (Å²) >= 11 is 0. The lowest BCUT2D eigenvalue weighted by Crippen LogP contribution is -2.49. The van der Waals surface area contributed by atoms with Gasteiger partial charge in [0.2, 0.25) is 0 Å². The minimum absolute atomic E-state index is 0.138. The van der Waals surface area contributed by atoms with Gasteiger partial charge in [0.25, 0.3) is 5.69 Å². The van der Waals surface area contributed by atoms with Gasteiger partial charge in [-0.1, -0.05) is 6.07 Å². The number of hydrogen-bond acceptors (Lipinski definition) is 4. The number of carboxylic acids is 1. The zero-order valence-electron chi connectivity index (χ0n) is 11.2. The van der Waals surface area contributed by atoms with Crippen molar-refractivity contribution < 1.29 is 19.6 Å². The third-order valence-corrected chi connectivity index (χ3v) is 3.36. The molecule has 112 valence electrons. The molecule has 1 aromatic carbocycles. The molecule has 2 rings (SSSR count). The van der Waals surface area contributed by atoms with Gasteiger partial charge in [-0.3, -0.25) is 10.1 Å². The first kappa shape index (κ1) is 14.8. The maximum atomic E-state index is 12.1. The summed E-state index contributed by atoms with van der Waals surface area (Å²) in [5.74, 6) is -1.04. The Morgan fingerprint density at radius 2 is 2.14 bits per heavy atom. The van der Waals surface area contributed by atoms with Gasteiger partial charge in [-0.05, 0) is 25.3 Å². The van der Waals surface area contributed by atoms with Crippen LogP contribution in [0.2, 0.25) is 0 Å². The van der Waals surface area contributed by atoms with E-state index in [1.165, 1.54) is 29.2 Å². The number of carboxylic acid groups (broad SMARTS) is 1. The molecule has 1 saturated heterocycles. The fourth-order valence-electron chi connectivity index (χ4n) is 2.32. The number of aliphatic carboxylic acids is 1. The summed E-state index contributed by atoms with van der Waals surface area (Å²) < 4.78 is 0. The Morgan fingerprint density at radius 3 is 2.81 bits per heavy atom. The van der Waals surface area contributed by atoms with Crippen LogP contribution in [0.15, 0.2) is 24.3 Å². The molecular weight excluding hydrogens is 278 g/mol. The number of nitrogens with one attached hydrogen (secondary N) is 1. The van der Waals surface area contributed by atoms with Crippen LogP contribution in [-0.4, -0.2) is 39.5 Å². The molecule has 0 bridgehead atoms. The summed E-state index contributed by atoms with van der Waals surface area (Å²) in [6.45, 7) is 0.359. The molecule has 1 atom stereocenters. The van der Waals surface area contributed by atoms with Crippen LogP contribution in [0.3, 0.4) is 0 Å².